The van der Waals surface area contributed by atoms with Gasteiger partial charge in [-0.1, -0.05) is 41.0 Å². The van der Waals surface area contributed by atoms with E-state index in [0.717, 1.165) is 48.2 Å². The number of aromatic nitrogens is 3. The van der Waals surface area contributed by atoms with Gasteiger partial charge in [0, 0.05) is 41.8 Å². The zero-order valence-corrected chi connectivity index (χ0v) is 18.1. The first kappa shape index (κ1) is 19.2. The molecule has 0 unspecified atom stereocenters. The van der Waals surface area contributed by atoms with Crippen LogP contribution >= 0.6 is 35.0 Å². The molecule has 29 heavy (non-hydrogen) atoms. The summed E-state index contributed by atoms with van der Waals surface area (Å²) in [5, 5.41) is 1.88. The van der Waals surface area contributed by atoms with Crippen molar-refractivity contribution < 1.29 is 0 Å². The highest BCUT2D eigenvalue weighted by Gasteiger charge is 2.46. The van der Waals surface area contributed by atoms with Crippen LogP contribution in [0, 0.1) is 5.41 Å². The average molecular weight is 446 g/mol. The van der Waals surface area contributed by atoms with E-state index in [1.807, 2.05) is 18.3 Å². The Kier molecular flexibility index (Phi) is 4.98. The maximum atomic E-state index is 6.61. The van der Waals surface area contributed by atoms with Crippen LogP contribution in [0.25, 0.3) is 0 Å². The Morgan fingerprint density at radius 1 is 1.07 bits per heavy atom. The summed E-state index contributed by atoms with van der Waals surface area (Å²) in [6.45, 7) is 2.91. The van der Waals surface area contributed by atoms with E-state index in [2.05, 4.69) is 37.8 Å². The lowest BCUT2D eigenvalue weighted by atomic mass is 9.73. The molecule has 1 saturated heterocycles. The Balaban J connectivity index is 1.25. The summed E-state index contributed by atoms with van der Waals surface area (Å²) >= 11 is 13.8. The summed E-state index contributed by atoms with van der Waals surface area (Å²) in [4.78, 5) is 12.4. The molecule has 8 heteroatoms. The highest BCUT2D eigenvalue weighted by molar-refractivity contribution is 7.99. The molecule has 0 saturated carbocycles. The molecule has 4 heterocycles. The first-order valence-electron chi connectivity index (χ1n) is 9.65. The number of piperidine rings is 1. The van der Waals surface area contributed by atoms with Crippen molar-refractivity contribution in [3.63, 3.8) is 0 Å². The van der Waals surface area contributed by atoms with E-state index in [1.165, 1.54) is 17.5 Å². The van der Waals surface area contributed by atoms with Crippen molar-refractivity contribution in [2.75, 3.05) is 18.0 Å². The first-order chi connectivity index (χ1) is 14.1. The number of anilines is 1. The lowest BCUT2D eigenvalue weighted by molar-refractivity contribution is 0.174. The van der Waals surface area contributed by atoms with Crippen molar-refractivity contribution in [2.24, 2.45) is 11.1 Å². The average Bonchev–Trinajstić information content (AvgIpc) is 3.28. The molecule has 0 bridgehead atoms. The van der Waals surface area contributed by atoms with Crippen LogP contribution in [0.4, 0.5) is 5.82 Å². The molecular formula is C21H21Cl2N5S. The maximum Gasteiger partial charge on any atom is 0.147 e. The lowest BCUT2D eigenvalue weighted by Gasteiger charge is -2.41. The molecule has 2 N–H and O–H groups in total. The number of nitrogens with zero attached hydrogens (tertiary/aromatic N) is 4. The van der Waals surface area contributed by atoms with Crippen molar-refractivity contribution in [2.45, 2.75) is 35.3 Å². The second-order valence-electron chi connectivity index (χ2n) is 7.75. The minimum Gasteiger partial charge on any atom is -0.355 e. The third-order valence-electron chi connectivity index (χ3n) is 6.16. The molecule has 150 valence electrons. The minimum atomic E-state index is 0.118. The number of fused-ring (bicyclic) bond motifs is 1. The van der Waals surface area contributed by atoms with Gasteiger partial charge in [0.2, 0.25) is 0 Å². The molecule has 1 fully saturated rings. The van der Waals surface area contributed by atoms with E-state index in [9.17, 15) is 0 Å². The number of hydrogen-bond donors (Lipinski definition) is 1. The summed E-state index contributed by atoms with van der Waals surface area (Å²) < 4.78 is 2.31. The smallest absolute Gasteiger partial charge is 0.147 e. The van der Waals surface area contributed by atoms with Gasteiger partial charge in [-0.25, -0.2) is 9.97 Å². The summed E-state index contributed by atoms with van der Waals surface area (Å²) in [6, 6.07) is 9.94. The second kappa shape index (κ2) is 7.51. The van der Waals surface area contributed by atoms with Crippen molar-refractivity contribution >= 4 is 40.8 Å². The molecule has 1 aromatic carbocycles. The quantitative estimate of drug-likeness (QED) is 0.611. The Bertz CT molecular complexity index is 1030. The van der Waals surface area contributed by atoms with Gasteiger partial charge < -0.3 is 15.2 Å². The van der Waals surface area contributed by atoms with Gasteiger partial charge in [0.1, 0.15) is 10.8 Å². The third kappa shape index (κ3) is 3.42. The predicted octanol–water partition coefficient (Wildman–Crippen LogP) is 5.04. The van der Waals surface area contributed by atoms with Crippen molar-refractivity contribution in [3.05, 3.63) is 64.7 Å². The van der Waals surface area contributed by atoms with Gasteiger partial charge >= 0.3 is 0 Å². The van der Waals surface area contributed by atoms with Gasteiger partial charge in [0.05, 0.1) is 28.5 Å². The van der Waals surface area contributed by atoms with Crippen LogP contribution in [0.15, 0.2) is 58.8 Å². The van der Waals surface area contributed by atoms with Gasteiger partial charge in [-0.3, -0.25) is 0 Å². The van der Waals surface area contributed by atoms with Crippen molar-refractivity contribution in [3.8, 4) is 0 Å². The van der Waals surface area contributed by atoms with E-state index in [1.54, 1.807) is 12.3 Å². The van der Waals surface area contributed by atoms with E-state index in [-0.39, 0.29) is 11.5 Å². The number of nitrogens with two attached hydrogens (primary N) is 1. The SMILES string of the molecule is N[C@@H]1c2cccn2CC12CCN(c1cnc(Sc3cccc(Cl)c3Cl)cn1)CC2. The summed E-state index contributed by atoms with van der Waals surface area (Å²) in [6.07, 6.45) is 7.91. The standard InChI is InChI=1S/C21H21Cl2N5S/c22-14-3-1-5-16(19(14)23)29-18-12-25-17(11-26-18)27-9-6-21(7-10-27)13-28-8-2-4-15(28)20(21)24/h1-5,8,11-12,20H,6-7,9-10,13,24H2/t20-/m1/s1. The fourth-order valence-corrected chi connectivity index (χ4v) is 5.71. The highest BCUT2D eigenvalue weighted by Crippen LogP contribution is 2.48. The normalized spacial score (nSPS) is 20.2. The zero-order chi connectivity index (χ0) is 20.0. The van der Waals surface area contributed by atoms with Crippen LogP contribution < -0.4 is 10.6 Å². The fraction of sp³-hybridized carbons (Fsp3) is 0.333. The molecule has 5 rings (SSSR count). The Morgan fingerprint density at radius 2 is 1.90 bits per heavy atom. The molecule has 2 aliphatic rings. The monoisotopic (exact) mass is 445 g/mol. The molecule has 0 aliphatic carbocycles. The van der Waals surface area contributed by atoms with Gasteiger partial charge in [0.25, 0.3) is 0 Å². The predicted molar refractivity (Wildman–Crippen MR) is 118 cm³/mol. The van der Waals surface area contributed by atoms with Crippen LogP contribution in [0.5, 0.6) is 0 Å². The van der Waals surface area contributed by atoms with Crippen LogP contribution in [-0.4, -0.2) is 27.6 Å². The molecule has 2 aliphatic heterocycles. The molecule has 1 atom stereocenters. The molecular weight excluding hydrogens is 425 g/mol. The van der Waals surface area contributed by atoms with Crippen LogP contribution in [0.3, 0.4) is 0 Å². The third-order valence-corrected chi connectivity index (χ3v) is 8.07. The van der Waals surface area contributed by atoms with Crippen LogP contribution in [0.1, 0.15) is 24.6 Å². The molecule has 5 nitrogen and oxygen atoms in total. The number of rotatable bonds is 3. The molecule has 0 amide bonds. The fourth-order valence-electron chi connectivity index (χ4n) is 4.46. The van der Waals surface area contributed by atoms with E-state index < -0.39 is 0 Å². The summed E-state index contributed by atoms with van der Waals surface area (Å²) in [5.74, 6) is 0.910. The lowest BCUT2D eigenvalue weighted by Crippen LogP contribution is -2.44. The van der Waals surface area contributed by atoms with E-state index >= 15 is 0 Å². The maximum absolute atomic E-state index is 6.61. The van der Waals surface area contributed by atoms with Gasteiger partial charge in [0.15, 0.2) is 0 Å². The molecule has 3 aromatic rings. The molecule has 1 spiro atoms. The van der Waals surface area contributed by atoms with E-state index in [4.69, 9.17) is 28.9 Å². The Morgan fingerprint density at radius 3 is 2.62 bits per heavy atom. The van der Waals surface area contributed by atoms with Gasteiger partial charge in [-0.15, -0.1) is 0 Å². The van der Waals surface area contributed by atoms with Crippen molar-refractivity contribution in [1.29, 1.82) is 0 Å². The number of hydrogen-bond acceptors (Lipinski definition) is 5. The summed E-state index contributed by atoms with van der Waals surface area (Å²) in [5.41, 5.74) is 8.04. The van der Waals surface area contributed by atoms with Crippen molar-refractivity contribution in [1.82, 2.24) is 14.5 Å². The topological polar surface area (TPSA) is 60.0 Å². The van der Waals surface area contributed by atoms with Crippen LogP contribution in [0.2, 0.25) is 10.0 Å². The van der Waals surface area contributed by atoms with Gasteiger partial charge in [-0.05, 0) is 37.1 Å². The highest BCUT2D eigenvalue weighted by atomic mass is 35.5. The minimum absolute atomic E-state index is 0.118. The molecule has 0 radical (unpaired) electrons. The van der Waals surface area contributed by atoms with E-state index in [0.29, 0.717) is 10.0 Å². The number of benzene rings is 1. The molecule has 2 aromatic heterocycles. The summed E-state index contributed by atoms with van der Waals surface area (Å²) in [7, 11) is 0. The number of halogens is 2. The van der Waals surface area contributed by atoms with Gasteiger partial charge in [-0.2, -0.15) is 0 Å². The Labute approximate surface area is 184 Å². The second-order valence-corrected chi connectivity index (χ2v) is 9.60. The largest absolute Gasteiger partial charge is 0.355 e. The Hall–Kier alpha value is -1.73. The first-order valence-corrected chi connectivity index (χ1v) is 11.2. The van der Waals surface area contributed by atoms with Crippen LogP contribution in [-0.2, 0) is 6.54 Å². The zero-order valence-electron chi connectivity index (χ0n) is 15.8.